The number of carbonyl (C=O) groups is 1. The minimum absolute atomic E-state index is 0.0565. The van der Waals surface area contributed by atoms with E-state index in [-0.39, 0.29) is 5.75 Å². The van der Waals surface area contributed by atoms with Crippen LogP contribution in [0.15, 0.2) is 27.0 Å². The minimum atomic E-state index is -0.819. The van der Waals surface area contributed by atoms with E-state index >= 15 is 0 Å². The fourth-order valence-corrected chi connectivity index (χ4v) is 3.18. The second-order valence-corrected chi connectivity index (χ2v) is 5.94. The van der Waals surface area contributed by atoms with Crippen molar-refractivity contribution in [3.8, 4) is 0 Å². The average Bonchev–Trinajstić information content (AvgIpc) is 2.56. The Bertz CT molecular complexity index is 512. The van der Waals surface area contributed by atoms with Gasteiger partial charge in [0.2, 0.25) is 0 Å². The van der Waals surface area contributed by atoms with Crippen molar-refractivity contribution in [2.24, 2.45) is 0 Å². The van der Waals surface area contributed by atoms with Crippen LogP contribution in [-0.4, -0.2) is 21.8 Å². The van der Waals surface area contributed by atoms with Gasteiger partial charge in [0.1, 0.15) is 0 Å². The number of rotatable bonds is 3. The first-order valence-electron chi connectivity index (χ1n) is 4.06. The molecule has 0 radical (unpaired) electrons. The van der Waals surface area contributed by atoms with Crippen LogP contribution < -0.4 is 0 Å². The lowest BCUT2D eigenvalue weighted by Gasteiger charge is -1.88. The number of thioether (sulfide) groups is 1. The summed E-state index contributed by atoms with van der Waals surface area (Å²) in [5.41, 5.74) is 0.905. The molecule has 0 aliphatic heterocycles. The Kier molecular flexibility index (Phi) is 3.28. The average molecular weight is 304 g/mol. The van der Waals surface area contributed by atoms with Crippen molar-refractivity contribution in [2.45, 2.75) is 4.34 Å². The summed E-state index contributed by atoms with van der Waals surface area (Å²) in [4.78, 5) is 14.7. The topological polar surface area (TPSA) is 50.2 Å². The van der Waals surface area contributed by atoms with Crippen LogP contribution >= 0.6 is 39.0 Å². The molecular formula is C9H6BrNO2S2. The van der Waals surface area contributed by atoms with Gasteiger partial charge in [-0.1, -0.05) is 27.7 Å². The molecule has 6 heteroatoms. The van der Waals surface area contributed by atoms with Crippen LogP contribution in [0, 0.1) is 0 Å². The summed E-state index contributed by atoms with van der Waals surface area (Å²) in [6.45, 7) is 0. The van der Waals surface area contributed by atoms with Gasteiger partial charge in [0.05, 0.1) is 16.0 Å². The highest BCUT2D eigenvalue weighted by atomic mass is 79.9. The third-order valence-corrected chi connectivity index (χ3v) is 4.31. The molecule has 1 N–H and O–H groups in total. The van der Waals surface area contributed by atoms with Gasteiger partial charge in [-0.2, -0.15) is 0 Å². The standard InChI is InChI=1S/C9H6BrNO2S2/c10-5-1-2-7-6(3-5)11-9(15-7)14-4-8(12)13/h1-3H,4H2,(H,12,13). The maximum absolute atomic E-state index is 10.4. The molecular weight excluding hydrogens is 298 g/mol. The van der Waals surface area contributed by atoms with Gasteiger partial charge in [-0.05, 0) is 18.2 Å². The predicted molar refractivity (Wildman–Crippen MR) is 65.7 cm³/mol. The van der Waals surface area contributed by atoms with E-state index in [0.29, 0.717) is 0 Å². The quantitative estimate of drug-likeness (QED) is 0.885. The van der Waals surface area contributed by atoms with E-state index in [0.717, 1.165) is 19.0 Å². The Morgan fingerprint density at radius 3 is 3.13 bits per heavy atom. The highest BCUT2D eigenvalue weighted by Gasteiger charge is 2.06. The van der Waals surface area contributed by atoms with Crippen LogP contribution in [0.4, 0.5) is 0 Å². The van der Waals surface area contributed by atoms with Gasteiger partial charge in [-0.3, -0.25) is 4.79 Å². The summed E-state index contributed by atoms with van der Waals surface area (Å²) in [6.07, 6.45) is 0. The maximum atomic E-state index is 10.4. The van der Waals surface area contributed by atoms with E-state index in [1.807, 2.05) is 18.2 Å². The monoisotopic (exact) mass is 303 g/mol. The lowest BCUT2D eigenvalue weighted by atomic mass is 10.3. The summed E-state index contributed by atoms with van der Waals surface area (Å²) in [5, 5.41) is 8.54. The highest BCUT2D eigenvalue weighted by Crippen LogP contribution is 2.30. The second kappa shape index (κ2) is 4.51. The van der Waals surface area contributed by atoms with E-state index in [9.17, 15) is 4.79 Å². The number of fused-ring (bicyclic) bond motifs is 1. The summed E-state index contributed by atoms with van der Waals surface area (Å²) < 4.78 is 2.85. The third kappa shape index (κ3) is 2.70. The number of benzene rings is 1. The van der Waals surface area contributed by atoms with Crippen molar-refractivity contribution in [2.75, 3.05) is 5.75 Å². The molecule has 0 unspecified atom stereocenters. The summed E-state index contributed by atoms with van der Waals surface area (Å²) in [7, 11) is 0. The first kappa shape index (κ1) is 10.9. The van der Waals surface area contributed by atoms with Crippen LogP contribution in [-0.2, 0) is 4.79 Å². The van der Waals surface area contributed by atoms with Crippen molar-refractivity contribution < 1.29 is 9.90 Å². The minimum Gasteiger partial charge on any atom is -0.481 e. The number of aliphatic carboxylic acids is 1. The molecule has 0 atom stereocenters. The second-order valence-electron chi connectivity index (χ2n) is 2.77. The van der Waals surface area contributed by atoms with Gasteiger partial charge in [-0.25, -0.2) is 4.98 Å². The normalized spacial score (nSPS) is 10.7. The van der Waals surface area contributed by atoms with Gasteiger partial charge in [0.25, 0.3) is 0 Å². The molecule has 0 bridgehead atoms. The van der Waals surface area contributed by atoms with Crippen LogP contribution in [0.5, 0.6) is 0 Å². The first-order valence-corrected chi connectivity index (χ1v) is 6.65. The van der Waals surface area contributed by atoms with Gasteiger partial charge >= 0.3 is 5.97 Å². The van der Waals surface area contributed by atoms with Gasteiger partial charge in [0.15, 0.2) is 4.34 Å². The summed E-state index contributed by atoms with van der Waals surface area (Å²) in [6, 6.07) is 5.85. The Balaban J connectivity index is 2.27. The zero-order valence-corrected chi connectivity index (χ0v) is 10.7. The van der Waals surface area contributed by atoms with E-state index < -0.39 is 5.97 Å². The number of carboxylic acids is 1. The van der Waals surface area contributed by atoms with E-state index in [1.165, 1.54) is 23.1 Å². The number of aromatic nitrogens is 1. The molecule has 0 aliphatic carbocycles. The van der Waals surface area contributed by atoms with Crippen LogP contribution in [0.25, 0.3) is 10.2 Å². The molecule has 1 aromatic heterocycles. The number of thiazole rings is 1. The zero-order chi connectivity index (χ0) is 10.8. The summed E-state index contributed by atoms with van der Waals surface area (Å²) >= 11 is 6.14. The highest BCUT2D eigenvalue weighted by molar-refractivity contribution is 9.10. The molecule has 0 spiro atoms. The number of hydrogen-bond donors (Lipinski definition) is 1. The Morgan fingerprint density at radius 1 is 1.60 bits per heavy atom. The van der Waals surface area contributed by atoms with Crippen molar-refractivity contribution in [3.63, 3.8) is 0 Å². The molecule has 2 aromatic rings. The molecule has 0 fully saturated rings. The number of halogens is 1. The SMILES string of the molecule is O=C(O)CSc1nc2cc(Br)ccc2s1. The summed E-state index contributed by atoms with van der Waals surface area (Å²) in [5.74, 6) is -0.763. The lowest BCUT2D eigenvalue weighted by Crippen LogP contribution is -1.96. The Morgan fingerprint density at radius 2 is 2.40 bits per heavy atom. The zero-order valence-electron chi connectivity index (χ0n) is 7.44. The maximum Gasteiger partial charge on any atom is 0.313 e. The molecule has 1 aromatic carbocycles. The van der Waals surface area contributed by atoms with Crippen LogP contribution in [0.3, 0.4) is 0 Å². The number of nitrogens with zero attached hydrogens (tertiary/aromatic N) is 1. The van der Waals surface area contributed by atoms with Crippen molar-refractivity contribution in [1.29, 1.82) is 0 Å². The number of hydrogen-bond acceptors (Lipinski definition) is 4. The first-order chi connectivity index (χ1) is 7.15. The molecule has 0 saturated carbocycles. The fourth-order valence-electron chi connectivity index (χ4n) is 1.06. The van der Waals surface area contributed by atoms with Crippen LogP contribution in [0.1, 0.15) is 0 Å². The van der Waals surface area contributed by atoms with Crippen LogP contribution in [0.2, 0.25) is 0 Å². The Hall–Kier alpha value is -0.590. The van der Waals surface area contributed by atoms with Crippen molar-refractivity contribution in [3.05, 3.63) is 22.7 Å². The molecule has 0 aliphatic rings. The van der Waals surface area contributed by atoms with Crippen molar-refractivity contribution >= 4 is 55.2 Å². The van der Waals surface area contributed by atoms with Gasteiger partial charge in [0, 0.05) is 4.47 Å². The Labute approximate surface area is 103 Å². The number of carboxylic acid groups (broad SMARTS) is 1. The van der Waals surface area contributed by atoms with E-state index in [2.05, 4.69) is 20.9 Å². The van der Waals surface area contributed by atoms with E-state index in [1.54, 1.807) is 0 Å². The lowest BCUT2D eigenvalue weighted by molar-refractivity contribution is -0.133. The molecule has 0 amide bonds. The fraction of sp³-hybridized carbons (Fsp3) is 0.111. The molecule has 3 nitrogen and oxygen atoms in total. The molecule has 0 saturated heterocycles. The van der Waals surface area contributed by atoms with Gasteiger partial charge < -0.3 is 5.11 Å². The molecule has 2 rings (SSSR count). The smallest absolute Gasteiger partial charge is 0.313 e. The molecule has 78 valence electrons. The largest absolute Gasteiger partial charge is 0.481 e. The molecule has 1 heterocycles. The molecule has 15 heavy (non-hydrogen) atoms. The third-order valence-electron chi connectivity index (χ3n) is 1.65. The van der Waals surface area contributed by atoms with E-state index in [4.69, 9.17) is 5.11 Å². The van der Waals surface area contributed by atoms with Gasteiger partial charge in [-0.15, -0.1) is 11.3 Å². The van der Waals surface area contributed by atoms with Crippen molar-refractivity contribution in [1.82, 2.24) is 4.98 Å². The predicted octanol–water partition coefficient (Wildman–Crippen LogP) is 3.24.